The fourth-order valence-corrected chi connectivity index (χ4v) is 5.68. The number of carboxylic acid groups (broad SMARTS) is 1. The van der Waals surface area contributed by atoms with Crippen LogP contribution >= 0.6 is 27.5 Å². The van der Waals surface area contributed by atoms with Crippen molar-refractivity contribution in [2.24, 2.45) is 5.10 Å². The number of methoxy groups -OCH3 is 2. The van der Waals surface area contributed by atoms with Crippen LogP contribution in [0.3, 0.4) is 0 Å². The molecule has 5 aromatic rings. The van der Waals surface area contributed by atoms with E-state index in [1.807, 2.05) is 25.1 Å². The molecule has 0 fully saturated rings. The van der Waals surface area contributed by atoms with Crippen LogP contribution in [0.2, 0.25) is 5.02 Å². The van der Waals surface area contributed by atoms with E-state index in [9.17, 15) is 14.7 Å². The highest BCUT2D eigenvalue weighted by Gasteiger charge is 2.20. The maximum atomic E-state index is 13.9. The van der Waals surface area contributed by atoms with E-state index in [1.165, 1.54) is 30.1 Å². The SMILES string of the molecule is COc1cc(C)c(-c2nc3ccccc3c(=O)n2N=Cc2cc(OC)c(OCc3cccc(C(=O)O)c3)c(Cl)c2Br)cc1C(C)C. The minimum atomic E-state index is -1.03. The number of aromatic nitrogens is 2. The van der Waals surface area contributed by atoms with Gasteiger partial charge in [0.05, 0.1) is 36.9 Å². The van der Waals surface area contributed by atoms with Gasteiger partial charge in [-0.2, -0.15) is 9.78 Å². The van der Waals surface area contributed by atoms with Crippen LogP contribution < -0.4 is 19.8 Å². The summed E-state index contributed by atoms with van der Waals surface area (Å²) in [5.74, 6) is 0.841. The molecule has 1 heterocycles. The maximum absolute atomic E-state index is 13.9. The Bertz CT molecular complexity index is 2060. The lowest BCUT2D eigenvalue weighted by Gasteiger charge is -2.17. The molecule has 4 aromatic carbocycles. The minimum absolute atomic E-state index is 0.0537. The van der Waals surface area contributed by atoms with Crippen molar-refractivity contribution >= 4 is 50.6 Å². The molecule has 46 heavy (non-hydrogen) atoms. The number of aromatic carboxylic acids is 1. The standard InChI is InChI=1S/C35H31BrClN3O6/c1-19(2)25-16-26(20(3)13-28(25)44-4)33-39-27-12-7-6-11-24(27)34(41)40(33)38-17-23-15-29(45-5)32(31(37)30(23)36)46-18-21-9-8-10-22(14-21)35(42)43/h6-17,19H,18H2,1-5H3,(H,42,43). The Kier molecular flexibility index (Phi) is 9.79. The van der Waals surface area contributed by atoms with Gasteiger partial charge in [0.2, 0.25) is 0 Å². The first kappa shape index (κ1) is 32.7. The van der Waals surface area contributed by atoms with Gasteiger partial charge in [0, 0.05) is 15.6 Å². The average Bonchev–Trinajstić information content (AvgIpc) is 3.05. The molecule has 0 saturated carbocycles. The fraction of sp³-hybridized carbons (Fsp3) is 0.200. The quantitative estimate of drug-likeness (QED) is 0.146. The second-order valence-electron chi connectivity index (χ2n) is 10.8. The summed E-state index contributed by atoms with van der Waals surface area (Å²) in [5.41, 5.74) is 4.11. The number of hydrogen-bond acceptors (Lipinski definition) is 7. The van der Waals surface area contributed by atoms with Gasteiger partial charge in [-0.1, -0.05) is 49.7 Å². The number of ether oxygens (including phenoxy) is 3. The maximum Gasteiger partial charge on any atom is 0.335 e. The van der Waals surface area contributed by atoms with E-state index in [2.05, 4.69) is 34.9 Å². The highest BCUT2D eigenvalue weighted by molar-refractivity contribution is 9.10. The second-order valence-corrected chi connectivity index (χ2v) is 12.0. The molecule has 5 rings (SSSR count). The Morgan fingerprint density at radius 2 is 1.80 bits per heavy atom. The highest BCUT2D eigenvalue weighted by Crippen LogP contribution is 2.42. The molecule has 0 aliphatic heterocycles. The third kappa shape index (κ3) is 6.49. The van der Waals surface area contributed by atoms with Gasteiger partial charge in [-0.25, -0.2) is 9.78 Å². The number of carbonyl (C=O) groups is 1. The van der Waals surface area contributed by atoms with Crippen LogP contribution in [0, 0.1) is 6.92 Å². The van der Waals surface area contributed by atoms with Crippen molar-refractivity contribution < 1.29 is 24.1 Å². The number of aryl methyl sites for hydroxylation is 1. The molecule has 0 atom stereocenters. The summed E-state index contributed by atoms with van der Waals surface area (Å²) in [6.45, 7) is 6.14. The monoisotopic (exact) mass is 703 g/mol. The summed E-state index contributed by atoms with van der Waals surface area (Å²) in [6, 6.07) is 19.2. The topological polar surface area (TPSA) is 112 Å². The molecule has 1 aromatic heterocycles. The van der Waals surface area contributed by atoms with Gasteiger partial charge in [-0.05, 0) is 87.9 Å². The molecule has 0 saturated heterocycles. The molecule has 9 nitrogen and oxygen atoms in total. The Morgan fingerprint density at radius 1 is 1.07 bits per heavy atom. The van der Waals surface area contributed by atoms with Gasteiger partial charge < -0.3 is 19.3 Å². The third-order valence-corrected chi connectivity index (χ3v) is 8.88. The van der Waals surface area contributed by atoms with Crippen molar-refractivity contribution in [3.63, 3.8) is 0 Å². The molecule has 0 amide bonds. The van der Waals surface area contributed by atoms with Crippen LogP contribution in [0.15, 0.2) is 81.1 Å². The molecule has 236 valence electrons. The van der Waals surface area contributed by atoms with E-state index < -0.39 is 5.97 Å². The number of hydrogen-bond donors (Lipinski definition) is 1. The van der Waals surface area contributed by atoms with Crippen LogP contribution in [0.4, 0.5) is 0 Å². The van der Waals surface area contributed by atoms with Crippen LogP contribution in [0.25, 0.3) is 22.3 Å². The van der Waals surface area contributed by atoms with E-state index >= 15 is 0 Å². The van der Waals surface area contributed by atoms with Crippen LogP contribution in [-0.2, 0) is 6.61 Å². The average molecular weight is 705 g/mol. The number of halogens is 2. The molecule has 0 aliphatic rings. The number of rotatable bonds is 10. The zero-order chi connectivity index (χ0) is 33.1. The van der Waals surface area contributed by atoms with E-state index in [-0.39, 0.29) is 34.4 Å². The van der Waals surface area contributed by atoms with Gasteiger partial charge in [0.15, 0.2) is 17.3 Å². The number of fused-ring (bicyclic) bond motifs is 1. The molecular weight excluding hydrogens is 674 g/mol. The van der Waals surface area contributed by atoms with Crippen molar-refractivity contribution in [2.75, 3.05) is 14.2 Å². The lowest BCUT2D eigenvalue weighted by molar-refractivity contribution is 0.0696. The first-order valence-corrected chi connectivity index (χ1v) is 15.5. The lowest BCUT2D eigenvalue weighted by atomic mass is 9.96. The highest BCUT2D eigenvalue weighted by atomic mass is 79.9. The molecular formula is C35H31BrClN3O6. The number of benzene rings is 4. The summed E-state index contributed by atoms with van der Waals surface area (Å²) < 4.78 is 19.0. The molecule has 0 spiro atoms. The zero-order valence-electron chi connectivity index (χ0n) is 25.8. The Labute approximate surface area is 279 Å². The molecule has 11 heteroatoms. The summed E-state index contributed by atoms with van der Waals surface area (Å²) in [4.78, 5) is 30.1. The second kappa shape index (κ2) is 13.8. The normalized spacial score (nSPS) is 11.4. The van der Waals surface area contributed by atoms with Crippen molar-refractivity contribution in [1.29, 1.82) is 0 Å². The predicted molar refractivity (Wildman–Crippen MR) is 183 cm³/mol. The molecule has 0 unspecified atom stereocenters. The van der Waals surface area contributed by atoms with Crippen molar-refractivity contribution in [3.8, 4) is 28.6 Å². The summed E-state index contributed by atoms with van der Waals surface area (Å²) in [5, 5.41) is 14.6. The summed E-state index contributed by atoms with van der Waals surface area (Å²) >= 11 is 10.3. The lowest BCUT2D eigenvalue weighted by Crippen LogP contribution is -2.21. The first-order valence-electron chi connectivity index (χ1n) is 14.3. The molecule has 0 radical (unpaired) electrons. The van der Waals surface area contributed by atoms with E-state index in [0.29, 0.717) is 38.1 Å². The number of nitrogens with zero attached hydrogens (tertiary/aromatic N) is 3. The van der Waals surface area contributed by atoms with E-state index in [1.54, 1.807) is 43.5 Å². The summed E-state index contributed by atoms with van der Waals surface area (Å²) in [7, 11) is 3.12. The Hall–Kier alpha value is -4.67. The van der Waals surface area contributed by atoms with Crippen molar-refractivity contribution in [1.82, 2.24) is 9.66 Å². The van der Waals surface area contributed by atoms with Gasteiger partial charge in [-0.15, -0.1) is 0 Å². The van der Waals surface area contributed by atoms with Crippen LogP contribution in [-0.4, -0.2) is 41.2 Å². The Morgan fingerprint density at radius 3 is 2.50 bits per heavy atom. The smallest absolute Gasteiger partial charge is 0.335 e. The molecule has 0 aliphatic carbocycles. The largest absolute Gasteiger partial charge is 0.496 e. The fourth-order valence-electron chi connectivity index (χ4n) is 5.03. The van der Waals surface area contributed by atoms with Gasteiger partial charge in [0.1, 0.15) is 17.4 Å². The minimum Gasteiger partial charge on any atom is -0.496 e. The van der Waals surface area contributed by atoms with Crippen molar-refractivity contribution in [3.05, 3.63) is 114 Å². The third-order valence-electron chi connectivity index (χ3n) is 7.44. The summed E-state index contributed by atoms with van der Waals surface area (Å²) in [6.07, 6.45) is 1.50. The van der Waals surface area contributed by atoms with E-state index in [4.69, 9.17) is 30.8 Å². The van der Waals surface area contributed by atoms with Gasteiger partial charge >= 0.3 is 5.97 Å². The first-order chi connectivity index (χ1) is 22.0. The predicted octanol–water partition coefficient (Wildman–Crippen LogP) is 8.09. The van der Waals surface area contributed by atoms with Crippen LogP contribution in [0.5, 0.6) is 17.2 Å². The van der Waals surface area contributed by atoms with Crippen LogP contribution in [0.1, 0.15) is 52.4 Å². The van der Waals surface area contributed by atoms with E-state index in [0.717, 1.165) is 22.4 Å². The van der Waals surface area contributed by atoms with Gasteiger partial charge in [-0.3, -0.25) is 4.79 Å². The molecule has 0 bridgehead atoms. The Balaban J connectivity index is 1.60. The van der Waals surface area contributed by atoms with Crippen molar-refractivity contribution in [2.45, 2.75) is 33.3 Å². The molecule has 1 N–H and O–H groups in total. The van der Waals surface area contributed by atoms with Gasteiger partial charge in [0.25, 0.3) is 5.56 Å². The number of para-hydroxylation sites is 1. The number of carboxylic acids is 1. The zero-order valence-corrected chi connectivity index (χ0v) is 28.1.